The van der Waals surface area contributed by atoms with E-state index in [0.717, 1.165) is 18.2 Å². The standard InChI is InChI=1S/C7H4N2O6.H2S/c10-7(11)4-2-1-3-5(8(12)13)6(4)9(14)15;/h1-3H,(H,10,11);1H2. The molecular formula is C7H6N2O6S. The molecule has 16 heavy (non-hydrogen) atoms. The van der Waals surface area contributed by atoms with E-state index in [0.29, 0.717) is 0 Å². The molecular weight excluding hydrogens is 240 g/mol. The molecule has 1 aromatic rings. The van der Waals surface area contributed by atoms with Crippen LogP contribution in [0.3, 0.4) is 0 Å². The van der Waals surface area contributed by atoms with Gasteiger partial charge in [0, 0.05) is 6.07 Å². The number of hydrogen-bond acceptors (Lipinski definition) is 5. The fourth-order valence-electron chi connectivity index (χ4n) is 1.04. The van der Waals surface area contributed by atoms with Gasteiger partial charge in [0.2, 0.25) is 0 Å². The molecule has 1 aromatic carbocycles. The van der Waals surface area contributed by atoms with Gasteiger partial charge in [0.05, 0.1) is 9.85 Å². The molecule has 0 bridgehead atoms. The summed E-state index contributed by atoms with van der Waals surface area (Å²) in [4.78, 5) is 29.4. The van der Waals surface area contributed by atoms with E-state index in [-0.39, 0.29) is 13.5 Å². The predicted octanol–water partition coefficient (Wildman–Crippen LogP) is 1.31. The average Bonchev–Trinajstić information content (AvgIpc) is 2.16. The Hall–Kier alpha value is -2.16. The third kappa shape index (κ3) is 2.45. The Morgan fingerprint density at radius 2 is 1.75 bits per heavy atom. The third-order valence-corrected chi connectivity index (χ3v) is 1.62. The molecule has 0 spiro atoms. The summed E-state index contributed by atoms with van der Waals surface area (Å²) in [5.74, 6) is -1.58. The van der Waals surface area contributed by atoms with Crippen LogP contribution < -0.4 is 0 Å². The molecule has 9 heteroatoms. The lowest BCUT2D eigenvalue weighted by molar-refractivity contribution is -0.422. The maximum atomic E-state index is 10.6. The number of carboxylic acid groups (broad SMARTS) is 1. The molecule has 0 atom stereocenters. The monoisotopic (exact) mass is 246 g/mol. The summed E-state index contributed by atoms with van der Waals surface area (Å²) >= 11 is 0. The summed E-state index contributed by atoms with van der Waals surface area (Å²) in [5, 5.41) is 29.5. The molecule has 0 heterocycles. The van der Waals surface area contributed by atoms with Crippen molar-refractivity contribution >= 4 is 30.8 Å². The van der Waals surface area contributed by atoms with Crippen LogP contribution in [0.25, 0.3) is 0 Å². The van der Waals surface area contributed by atoms with E-state index in [2.05, 4.69) is 0 Å². The van der Waals surface area contributed by atoms with Gasteiger partial charge in [-0.1, -0.05) is 6.07 Å². The van der Waals surface area contributed by atoms with E-state index in [4.69, 9.17) is 5.11 Å². The van der Waals surface area contributed by atoms with Crippen molar-refractivity contribution in [3.05, 3.63) is 44.0 Å². The Morgan fingerprint density at radius 3 is 2.12 bits per heavy atom. The minimum atomic E-state index is -1.58. The number of hydrogen-bond donors (Lipinski definition) is 1. The van der Waals surface area contributed by atoms with Gasteiger partial charge in [0.25, 0.3) is 0 Å². The second-order valence-corrected chi connectivity index (χ2v) is 2.49. The lowest BCUT2D eigenvalue weighted by atomic mass is 10.1. The van der Waals surface area contributed by atoms with Gasteiger partial charge < -0.3 is 5.11 Å². The third-order valence-electron chi connectivity index (χ3n) is 1.62. The maximum absolute atomic E-state index is 10.6. The van der Waals surface area contributed by atoms with Gasteiger partial charge in [0.15, 0.2) is 0 Å². The number of carbonyl (C=O) groups is 1. The molecule has 0 fully saturated rings. The number of benzene rings is 1. The van der Waals surface area contributed by atoms with Gasteiger partial charge in [-0.2, -0.15) is 13.5 Å². The second kappa shape index (κ2) is 5.07. The van der Waals surface area contributed by atoms with Crippen molar-refractivity contribution in [3.8, 4) is 0 Å². The summed E-state index contributed by atoms with van der Waals surface area (Å²) in [7, 11) is 0. The Bertz CT molecular complexity index is 428. The number of aromatic carboxylic acids is 1. The van der Waals surface area contributed by atoms with Crippen LogP contribution in [0.2, 0.25) is 0 Å². The Labute approximate surface area is 95.3 Å². The molecule has 8 nitrogen and oxygen atoms in total. The average molecular weight is 246 g/mol. The number of nitro groups is 2. The van der Waals surface area contributed by atoms with Crippen LogP contribution in [0.5, 0.6) is 0 Å². The van der Waals surface area contributed by atoms with E-state index in [1.807, 2.05) is 0 Å². The van der Waals surface area contributed by atoms with Crippen LogP contribution in [-0.4, -0.2) is 20.9 Å². The zero-order valence-electron chi connectivity index (χ0n) is 7.61. The smallest absolute Gasteiger partial charge is 0.360 e. The molecule has 0 aliphatic rings. The molecule has 0 aliphatic heterocycles. The van der Waals surface area contributed by atoms with Gasteiger partial charge >= 0.3 is 17.3 Å². The van der Waals surface area contributed by atoms with E-state index in [1.54, 1.807) is 0 Å². The lowest BCUT2D eigenvalue weighted by Gasteiger charge is -1.97. The second-order valence-electron chi connectivity index (χ2n) is 2.49. The first kappa shape index (κ1) is 13.8. The molecule has 0 aromatic heterocycles. The molecule has 0 saturated carbocycles. The number of para-hydroxylation sites is 1. The van der Waals surface area contributed by atoms with Crippen LogP contribution in [0.4, 0.5) is 11.4 Å². The first-order valence-corrected chi connectivity index (χ1v) is 3.60. The minimum absolute atomic E-state index is 0. The zero-order valence-corrected chi connectivity index (χ0v) is 8.61. The van der Waals surface area contributed by atoms with E-state index < -0.39 is 32.8 Å². The highest BCUT2D eigenvalue weighted by Crippen LogP contribution is 2.30. The van der Waals surface area contributed by atoms with Crippen LogP contribution in [0, 0.1) is 20.2 Å². The molecule has 0 radical (unpaired) electrons. The lowest BCUT2D eigenvalue weighted by Crippen LogP contribution is -2.05. The SMILES string of the molecule is O=C(O)c1cccc([N+](=O)[O-])c1[N+](=O)[O-].S. The normalized spacial score (nSPS) is 9.00. The van der Waals surface area contributed by atoms with Gasteiger partial charge in [-0.15, -0.1) is 0 Å². The fourth-order valence-corrected chi connectivity index (χ4v) is 1.04. The first-order valence-electron chi connectivity index (χ1n) is 3.60. The Kier molecular flexibility index (Phi) is 4.39. The summed E-state index contributed by atoms with van der Waals surface area (Å²) in [5.41, 5.74) is -2.54. The quantitative estimate of drug-likeness (QED) is 0.633. The summed E-state index contributed by atoms with van der Waals surface area (Å²) in [6, 6.07) is 2.90. The summed E-state index contributed by atoms with van der Waals surface area (Å²) < 4.78 is 0. The van der Waals surface area contributed by atoms with E-state index >= 15 is 0 Å². The summed E-state index contributed by atoms with van der Waals surface area (Å²) in [6.07, 6.45) is 0. The number of carboxylic acids is 1. The molecule has 0 saturated heterocycles. The maximum Gasteiger partial charge on any atom is 0.360 e. The predicted molar refractivity (Wildman–Crippen MR) is 57.1 cm³/mol. The van der Waals surface area contributed by atoms with Crippen LogP contribution in [0.15, 0.2) is 18.2 Å². The Balaban J connectivity index is 0.00000225. The van der Waals surface area contributed by atoms with Crippen LogP contribution in [-0.2, 0) is 0 Å². The van der Waals surface area contributed by atoms with Crippen molar-refractivity contribution in [2.45, 2.75) is 0 Å². The van der Waals surface area contributed by atoms with Crippen LogP contribution >= 0.6 is 13.5 Å². The molecule has 1 rings (SSSR count). The number of nitrogens with zero attached hydrogens (tertiary/aromatic N) is 2. The van der Waals surface area contributed by atoms with Crippen molar-refractivity contribution in [3.63, 3.8) is 0 Å². The summed E-state index contributed by atoms with van der Waals surface area (Å²) in [6.45, 7) is 0. The highest BCUT2D eigenvalue weighted by molar-refractivity contribution is 7.59. The molecule has 0 aliphatic carbocycles. The van der Waals surface area contributed by atoms with Crippen molar-refractivity contribution in [1.82, 2.24) is 0 Å². The van der Waals surface area contributed by atoms with Gasteiger partial charge in [-0.25, -0.2) is 4.79 Å². The highest BCUT2D eigenvalue weighted by atomic mass is 32.1. The van der Waals surface area contributed by atoms with Crippen molar-refractivity contribution in [1.29, 1.82) is 0 Å². The minimum Gasteiger partial charge on any atom is -0.477 e. The molecule has 0 unspecified atom stereocenters. The van der Waals surface area contributed by atoms with Crippen molar-refractivity contribution in [2.75, 3.05) is 0 Å². The van der Waals surface area contributed by atoms with Gasteiger partial charge in [-0.05, 0) is 6.07 Å². The number of rotatable bonds is 3. The Morgan fingerprint density at radius 1 is 1.19 bits per heavy atom. The van der Waals surface area contributed by atoms with Gasteiger partial charge in [0.1, 0.15) is 5.56 Å². The van der Waals surface area contributed by atoms with Crippen LogP contribution in [0.1, 0.15) is 10.4 Å². The van der Waals surface area contributed by atoms with Gasteiger partial charge in [-0.3, -0.25) is 20.2 Å². The highest BCUT2D eigenvalue weighted by Gasteiger charge is 2.31. The molecule has 1 N–H and O–H groups in total. The molecule has 0 amide bonds. The van der Waals surface area contributed by atoms with Crippen molar-refractivity contribution in [2.24, 2.45) is 0 Å². The molecule has 86 valence electrons. The largest absolute Gasteiger partial charge is 0.477 e. The van der Waals surface area contributed by atoms with E-state index in [1.165, 1.54) is 0 Å². The van der Waals surface area contributed by atoms with Crippen molar-refractivity contribution < 1.29 is 19.7 Å². The topological polar surface area (TPSA) is 124 Å². The number of nitro benzene ring substituents is 2. The first-order chi connectivity index (χ1) is 6.95. The van der Waals surface area contributed by atoms with E-state index in [9.17, 15) is 25.0 Å². The zero-order chi connectivity index (χ0) is 11.6. The fraction of sp³-hybridized carbons (Fsp3) is 0.